The molecule has 1 N–H and O–H groups in total. The van der Waals surface area contributed by atoms with Crippen molar-refractivity contribution in [2.75, 3.05) is 27.4 Å². The molecule has 24 heavy (non-hydrogen) atoms. The second-order valence-corrected chi connectivity index (χ2v) is 6.00. The number of carbonyl (C=O) groups excluding carboxylic acids is 2. The van der Waals surface area contributed by atoms with Crippen molar-refractivity contribution < 1.29 is 23.8 Å². The predicted molar refractivity (Wildman–Crippen MR) is 88.2 cm³/mol. The fourth-order valence-corrected chi connectivity index (χ4v) is 2.62. The lowest BCUT2D eigenvalue weighted by atomic mass is 9.91. The molecular weight excluding hydrogens is 312 g/mol. The monoisotopic (exact) mass is 336 g/mol. The molecule has 0 aromatic heterocycles. The third kappa shape index (κ3) is 3.31. The normalized spacial score (nSPS) is 20.5. The summed E-state index contributed by atoms with van der Waals surface area (Å²) >= 11 is 0. The van der Waals surface area contributed by atoms with Gasteiger partial charge in [-0.3, -0.25) is 9.69 Å². The molecular formula is C17H24N2O5. The van der Waals surface area contributed by atoms with Crippen molar-refractivity contribution in [3.05, 3.63) is 23.8 Å². The van der Waals surface area contributed by atoms with Crippen molar-refractivity contribution in [2.24, 2.45) is 0 Å². The second kappa shape index (κ2) is 7.09. The minimum atomic E-state index is -1.14. The SMILES string of the molecule is COc1ccc(C2(C)NC(=O)N(CCOC(C)C)C2=O)cc1OC. The van der Waals surface area contributed by atoms with Crippen LogP contribution in [0.15, 0.2) is 18.2 Å². The van der Waals surface area contributed by atoms with Gasteiger partial charge in [0.1, 0.15) is 5.54 Å². The first-order valence-corrected chi connectivity index (χ1v) is 7.81. The molecule has 7 nitrogen and oxygen atoms in total. The molecule has 0 spiro atoms. The maximum Gasteiger partial charge on any atom is 0.325 e. The fraction of sp³-hybridized carbons (Fsp3) is 0.529. The molecule has 2 rings (SSSR count). The highest BCUT2D eigenvalue weighted by Crippen LogP contribution is 2.35. The first kappa shape index (κ1) is 18.1. The van der Waals surface area contributed by atoms with Gasteiger partial charge in [-0.1, -0.05) is 6.07 Å². The third-order valence-corrected chi connectivity index (χ3v) is 4.00. The van der Waals surface area contributed by atoms with E-state index >= 15 is 0 Å². The number of methoxy groups -OCH3 is 2. The van der Waals surface area contributed by atoms with Crippen LogP contribution >= 0.6 is 0 Å². The molecule has 1 aromatic carbocycles. The highest BCUT2D eigenvalue weighted by atomic mass is 16.5. The standard InChI is InChI=1S/C17H24N2O5/c1-11(2)24-9-8-19-15(20)17(3,18-16(19)21)12-6-7-13(22-4)14(10-12)23-5/h6-7,10-11H,8-9H2,1-5H3,(H,18,21). The van der Waals surface area contributed by atoms with Gasteiger partial charge in [-0.25, -0.2) is 4.79 Å². The van der Waals surface area contributed by atoms with E-state index in [0.717, 1.165) is 0 Å². The minimum absolute atomic E-state index is 0.0444. The quantitative estimate of drug-likeness (QED) is 0.770. The summed E-state index contributed by atoms with van der Waals surface area (Å²) in [6.07, 6.45) is 0.0444. The van der Waals surface area contributed by atoms with Gasteiger partial charge in [-0.05, 0) is 38.5 Å². The topological polar surface area (TPSA) is 77.1 Å². The van der Waals surface area contributed by atoms with Crippen molar-refractivity contribution in [3.63, 3.8) is 0 Å². The Balaban J connectivity index is 2.24. The lowest BCUT2D eigenvalue weighted by molar-refractivity contribution is -0.131. The molecule has 1 aliphatic heterocycles. The van der Waals surface area contributed by atoms with Gasteiger partial charge in [0.25, 0.3) is 5.91 Å². The van der Waals surface area contributed by atoms with E-state index in [1.807, 2.05) is 13.8 Å². The molecule has 7 heteroatoms. The number of hydrogen-bond acceptors (Lipinski definition) is 5. The van der Waals surface area contributed by atoms with Crippen LogP contribution in [0.4, 0.5) is 4.79 Å². The lowest BCUT2D eigenvalue weighted by Gasteiger charge is -2.23. The predicted octanol–water partition coefficient (Wildman–Crippen LogP) is 1.90. The van der Waals surface area contributed by atoms with Crippen LogP contribution in [0.3, 0.4) is 0 Å². The van der Waals surface area contributed by atoms with Crippen LogP contribution in [-0.2, 0) is 15.1 Å². The first-order valence-electron chi connectivity index (χ1n) is 7.81. The highest BCUT2D eigenvalue weighted by Gasteiger charge is 2.49. The average molecular weight is 336 g/mol. The van der Waals surface area contributed by atoms with E-state index in [1.165, 1.54) is 19.1 Å². The molecule has 1 saturated heterocycles. The molecule has 1 unspecified atom stereocenters. The Morgan fingerprint density at radius 2 is 1.83 bits per heavy atom. The summed E-state index contributed by atoms with van der Waals surface area (Å²) in [5.74, 6) is 0.746. The van der Waals surface area contributed by atoms with E-state index < -0.39 is 11.6 Å². The molecule has 0 aliphatic carbocycles. The summed E-state index contributed by atoms with van der Waals surface area (Å²) < 4.78 is 15.9. The van der Waals surface area contributed by atoms with Crippen LogP contribution in [0.25, 0.3) is 0 Å². The number of urea groups is 1. The minimum Gasteiger partial charge on any atom is -0.493 e. The summed E-state index contributed by atoms with van der Waals surface area (Å²) in [4.78, 5) is 26.2. The fourth-order valence-electron chi connectivity index (χ4n) is 2.62. The summed E-state index contributed by atoms with van der Waals surface area (Å²) in [5.41, 5.74) is -0.514. The average Bonchev–Trinajstić information content (AvgIpc) is 2.77. The van der Waals surface area contributed by atoms with Crippen LogP contribution in [-0.4, -0.2) is 50.3 Å². The second-order valence-electron chi connectivity index (χ2n) is 6.00. The summed E-state index contributed by atoms with van der Waals surface area (Å²) in [6, 6.07) is 4.73. The molecule has 1 heterocycles. The largest absolute Gasteiger partial charge is 0.493 e. The van der Waals surface area contributed by atoms with Crippen molar-refractivity contribution in [2.45, 2.75) is 32.4 Å². The molecule has 1 aliphatic rings. The molecule has 0 saturated carbocycles. The number of carbonyl (C=O) groups is 2. The van der Waals surface area contributed by atoms with Gasteiger partial charge < -0.3 is 19.5 Å². The zero-order valence-electron chi connectivity index (χ0n) is 14.7. The van der Waals surface area contributed by atoms with Crippen molar-refractivity contribution in [1.29, 1.82) is 0 Å². The third-order valence-electron chi connectivity index (χ3n) is 4.00. The van der Waals surface area contributed by atoms with Gasteiger partial charge in [0, 0.05) is 0 Å². The number of rotatable bonds is 7. The summed E-state index contributed by atoms with van der Waals surface area (Å²) in [7, 11) is 3.06. The molecule has 0 radical (unpaired) electrons. The Labute approximate surface area is 141 Å². The van der Waals surface area contributed by atoms with E-state index in [0.29, 0.717) is 23.7 Å². The number of hydrogen-bond donors (Lipinski definition) is 1. The molecule has 132 valence electrons. The van der Waals surface area contributed by atoms with Crippen LogP contribution in [0, 0.1) is 0 Å². The Kier molecular flexibility index (Phi) is 5.33. The maximum absolute atomic E-state index is 12.8. The molecule has 3 amide bonds. The van der Waals surface area contributed by atoms with E-state index in [2.05, 4.69) is 5.32 Å². The molecule has 1 fully saturated rings. The van der Waals surface area contributed by atoms with Gasteiger partial charge >= 0.3 is 6.03 Å². The summed E-state index contributed by atoms with van der Waals surface area (Å²) in [5, 5.41) is 2.76. The van der Waals surface area contributed by atoms with Crippen molar-refractivity contribution in [1.82, 2.24) is 10.2 Å². The number of imide groups is 1. The Morgan fingerprint density at radius 1 is 1.17 bits per heavy atom. The highest BCUT2D eigenvalue weighted by molar-refractivity contribution is 6.07. The van der Waals surface area contributed by atoms with E-state index in [-0.39, 0.29) is 18.6 Å². The number of ether oxygens (including phenoxy) is 3. The zero-order chi connectivity index (χ0) is 17.9. The first-order chi connectivity index (χ1) is 11.3. The van der Waals surface area contributed by atoms with Crippen molar-refractivity contribution in [3.8, 4) is 11.5 Å². The van der Waals surface area contributed by atoms with E-state index in [1.54, 1.807) is 25.1 Å². The Morgan fingerprint density at radius 3 is 2.42 bits per heavy atom. The smallest absolute Gasteiger partial charge is 0.325 e. The lowest BCUT2D eigenvalue weighted by Crippen LogP contribution is -2.41. The van der Waals surface area contributed by atoms with Gasteiger partial charge in [0.2, 0.25) is 0 Å². The van der Waals surface area contributed by atoms with Gasteiger partial charge in [0.15, 0.2) is 11.5 Å². The number of benzene rings is 1. The van der Waals surface area contributed by atoms with Crippen LogP contribution in [0.1, 0.15) is 26.3 Å². The maximum atomic E-state index is 12.8. The van der Waals surface area contributed by atoms with Crippen molar-refractivity contribution >= 4 is 11.9 Å². The van der Waals surface area contributed by atoms with E-state index in [4.69, 9.17) is 14.2 Å². The molecule has 1 aromatic rings. The molecule has 0 bridgehead atoms. The van der Waals surface area contributed by atoms with Gasteiger partial charge in [-0.15, -0.1) is 0 Å². The number of nitrogens with zero attached hydrogens (tertiary/aromatic N) is 1. The Bertz CT molecular complexity index is 631. The van der Waals surface area contributed by atoms with Gasteiger partial charge in [0.05, 0.1) is 33.5 Å². The van der Waals surface area contributed by atoms with Crippen LogP contribution < -0.4 is 14.8 Å². The van der Waals surface area contributed by atoms with Crippen LogP contribution in [0.5, 0.6) is 11.5 Å². The number of nitrogens with one attached hydrogen (secondary N) is 1. The van der Waals surface area contributed by atoms with Crippen LogP contribution in [0.2, 0.25) is 0 Å². The summed E-state index contributed by atoms with van der Waals surface area (Å²) in [6.45, 7) is 6.00. The van der Waals surface area contributed by atoms with E-state index in [9.17, 15) is 9.59 Å². The Hall–Kier alpha value is -2.28. The number of amides is 3. The zero-order valence-corrected chi connectivity index (χ0v) is 14.7. The van der Waals surface area contributed by atoms with Gasteiger partial charge in [-0.2, -0.15) is 0 Å². The molecule has 1 atom stereocenters.